The number of carbonyl (C=O) groups is 1. The molecule has 0 bridgehead atoms. The Labute approximate surface area is 79.3 Å². The summed E-state index contributed by atoms with van der Waals surface area (Å²) >= 11 is 1.11. The maximum Gasteiger partial charge on any atom is 0.282 e. The fourth-order valence-corrected chi connectivity index (χ4v) is 1.49. The third-order valence-corrected chi connectivity index (χ3v) is 2.63. The summed E-state index contributed by atoms with van der Waals surface area (Å²) in [6, 6.07) is 0. The summed E-state index contributed by atoms with van der Waals surface area (Å²) in [5, 5.41) is 10.7. The summed E-state index contributed by atoms with van der Waals surface area (Å²) in [5.41, 5.74) is 5.35. The van der Waals surface area contributed by atoms with E-state index in [4.69, 9.17) is 5.73 Å². The van der Waals surface area contributed by atoms with Crippen molar-refractivity contribution >= 4 is 22.4 Å². The van der Waals surface area contributed by atoms with Gasteiger partial charge in [0.05, 0.1) is 0 Å². The van der Waals surface area contributed by atoms with Crippen LogP contribution in [-0.4, -0.2) is 22.6 Å². The van der Waals surface area contributed by atoms with Crippen molar-refractivity contribution in [2.24, 2.45) is 5.92 Å². The van der Waals surface area contributed by atoms with Gasteiger partial charge in [-0.25, -0.2) is 0 Å². The first-order valence-electron chi connectivity index (χ1n) is 4.13. The molecule has 0 atom stereocenters. The van der Waals surface area contributed by atoms with Crippen LogP contribution in [0.1, 0.15) is 22.6 Å². The van der Waals surface area contributed by atoms with Gasteiger partial charge in [-0.1, -0.05) is 11.3 Å². The van der Waals surface area contributed by atoms with Crippen molar-refractivity contribution in [3.05, 3.63) is 5.01 Å². The average Bonchev–Trinajstić information content (AvgIpc) is 2.84. The Morgan fingerprint density at radius 2 is 2.38 bits per heavy atom. The van der Waals surface area contributed by atoms with Crippen LogP contribution < -0.4 is 11.1 Å². The standard InChI is InChI=1S/C7H10N4OS/c8-7-11-10-6(13-7)5(12)9-3-4-1-2-4/h4H,1-3H2,(H2,8,11)(H,9,12). The van der Waals surface area contributed by atoms with Crippen molar-refractivity contribution in [3.8, 4) is 0 Å². The van der Waals surface area contributed by atoms with Gasteiger partial charge in [0, 0.05) is 6.54 Å². The zero-order valence-corrected chi connectivity index (χ0v) is 7.80. The van der Waals surface area contributed by atoms with Crippen molar-refractivity contribution in [2.45, 2.75) is 12.8 Å². The first-order chi connectivity index (χ1) is 6.25. The second kappa shape index (κ2) is 3.29. The average molecular weight is 198 g/mol. The summed E-state index contributed by atoms with van der Waals surface area (Å²) < 4.78 is 0. The van der Waals surface area contributed by atoms with Gasteiger partial charge in [-0.15, -0.1) is 10.2 Å². The van der Waals surface area contributed by atoms with Gasteiger partial charge in [0.25, 0.3) is 5.91 Å². The van der Waals surface area contributed by atoms with E-state index in [-0.39, 0.29) is 5.91 Å². The van der Waals surface area contributed by atoms with Crippen LogP contribution >= 0.6 is 11.3 Å². The Balaban J connectivity index is 1.88. The first-order valence-corrected chi connectivity index (χ1v) is 4.94. The molecule has 5 nitrogen and oxygen atoms in total. The number of anilines is 1. The van der Waals surface area contributed by atoms with E-state index < -0.39 is 0 Å². The van der Waals surface area contributed by atoms with Crippen LogP contribution in [-0.2, 0) is 0 Å². The summed E-state index contributed by atoms with van der Waals surface area (Å²) in [5.74, 6) is 0.510. The van der Waals surface area contributed by atoms with Crippen LogP contribution in [0.2, 0.25) is 0 Å². The number of aromatic nitrogens is 2. The lowest BCUT2D eigenvalue weighted by atomic mass is 10.4. The minimum atomic E-state index is -0.166. The van der Waals surface area contributed by atoms with Crippen LogP contribution in [0.5, 0.6) is 0 Å². The third kappa shape index (κ3) is 2.15. The second-order valence-corrected chi connectivity index (χ2v) is 4.11. The third-order valence-electron chi connectivity index (χ3n) is 1.88. The molecule has 0 spiro atoms. The first kappa shape index (κ1) is 8.43. The molecule has 1 saturated carbocycles. The predicted molar refractivity (Wildman–Crippen MR) is 49.4 cm³/mol. The highest BCUT2D eigenvalue weighted by atomic mass is 32.1. The molecule has 1 aliphatic carbocycles. The van der Waals surface area contributed by atoms with Crippen molar-refractivity contribution in [1.29, 1.82) is 0 Å². The number of nitrogen functional groups attached to an aromatic ring is 1. The Bertz CT molecular complexity index is 320. The Morgan fingerprint density at radius 3 is 2.92 bits per heavy atom. The number of nitrogens with zero attached hydrogens (tertiary/aromatic N) is 2. The van der Waals surface area contributed by atoms with Crippen LogP contribution in [0.25, 0.3) is 0 Å². The van der Waals surface area contributed by atoms with Crippen molar-refractivity contribution in [3.63, 3.8) is 0 Å². The summed E-state index contributed by atoms with van der Waals surface area (Å²) in [6.45, 7) is 0.748. The van der Waals surface area contributed by atoms with Crippen molar-refractivity contribution in [2.75, 3.05) is 12.3 Å². The second-order valence-electron chi connectivity index (χ2n) is 3.10. The van der Waals surface area contributed by atoms with E-state index in [1.807, 2.05) is 0 Å². The van der Waals surface area contributed by atoms with Crippen LogP contribution in [0.3, 0.4) is 0 Å². The zero-order valence-electron chi connectivity index (χ0n) is 6.99. The highest BCUT2D eigenvalue weighted by Gasteiger charge is 2.22. The Hall–Kier alpha value is -1.17. The summed E-state index contributed by atoms with van der Waals surface area (Å²) in [6.07, 6.45) is 2.44. The Morgan fingerprint density at radius 1 is 1.62 bits per heavy atom. The maximum absolute atomic E-state index is 11.3. The number of carbonyl (C=O) groups excluding carboxylic acids is 1. The number of nitrogens with two attached hydrogens (primary N) is 1. The molecule has 1 fully saturated rings. The summed E-state index contributed by atoms with van der Waals surface area (Å²) in [4.78, 5) is 11.3. The van der Waals surface area contributed by atoms with Crippen molar-refractivity contribution in [1.82, 2.24) is 15.5 Å². The molecule has 2 rings (SSSR count). The molecule has 1 aromatic rings. The number of hydrogen-bond acceptors (Lipinski definition) is 5. The predicted octanol–water partition coefficient (Wildman–Crippen LogP) is 0.260. The van der Waals surface area contributed by atoms with Gasteiger partial charge in [0.15, 0.2) is 0 Å². The molecule has 0 aliphatic heterocycles. The molecule has 0 radical (unpaired) electrons. The molecule has 6 heteroatoms. The Kier molecular flexibility index (Phi) is 2.13. The molecule has 0 unspecified atom stereocenters. The maximum atomic E-state index is 11.3. The van der Waals surface area contributed by atoms with Crippen molar-refractivity contribution < 1.29 is 4.79 Å². The summed E-state index contributed by atoms with van der Waals surface area (Å²) in [7, 11) is 0. The minimum Gasteiger partial charge on any atom is -0.374 e. The SMILES string of the molecule is Nc1nnc(C(=O)NCC2CC2)s1. The largest absolute Gasteiger partial charge is 0.374 e. The number of amides is 1. The molecule has 3 N–H and O–H groups in total. The zero-order chi connectivity index (χ0) is 9.26. The lowest BCUT2D eigenvalue weighted by Crippen LogP contribution is -2.25. The van der Waals surface area contributed by atoms with Crippen LogP contribution in [0.15, 0.2) is 0 Å². The van der Waals surface area contributed by atoms with Gasteiger partial charge in [-0.05, 0) is 18.8 Å². The lowest BCUT2D eigenvalue weighted by molar-refractivity contribution is 0.0950. The molecule has 1 aromatic heterocycles. The van der Waals surface area contributed by atoms with Crippen LogP contribution in [0, 0.1) is 5.92 Å². The van der Waals surface area contributed by atoms with Gasteiger partial charge in [-0.2, -0.15) is 0 Å². The topological polar surface area (TPSA) is 80.9 Å². The van der Waals surface area contributed by atoms with Gasteiger partial charge in [0.1, 0.15) is 0 Å². The molecule has 1 aliphatic rings. The normalized spacial score (nSPS) is 15.7. The van der Waals surface area contributed by atoms with E-state index in [0.717, 1.165) is 17.9 Å². The molecule has 0 aromatic carbocycles. The fraction of sp³-hybridized carbons (Fsp3) is 0.571. The van der Waals surface area contributed by atoms with E-state index in [0.29, 0.717) is 16.1 Å². The molecule has 0 saturated heterocycles. The lowest BCUT2D eigenvalue weighted by Gasteiger charge is -1.98. The highest BCUT2D eigenvalue weighted by Crippen LogP contribution is 2.27. The molecule has 1 heterocycles. The molecule has 1 amide bonds. The van der Waals surface area contributed by atoms with Gasteiger partial charge < -0.3 is 11.1 Å². The minimum absolute atomic E-state index is 0.166. The van der Waals surface area contributed by atoms with E-state index in [1.165, 1.54) is 12.8 Å². The van der Waals surface area contributed by atoms with E-state index in [2.05, 4.69) is 15.5 Å². The molecular formula is C7H10N4OS. The van der Waals surface area contributed by atoms with E-state index in [9.17, 15) is 4.79 Å². The quantitative estimate of drug-likeness (QED) is 0.730. The van der Waals surface area contributed by atoms with E-state index >= 15 is 0 Å². The number of nitrogens with one attached hydrogen (secondary N) is 1. The van der Waals surface area contributed by atoms with E-state index in [1.54, 1.807) is 0 Å². The molecule has 70 valence electrons. The van der Waals surface area contributed by atoms with Gasteiger partial charge in [0.2, 0.25) is 10.1 Å². The monoisotopic (exact) mass is 198 g/mol. The number of hydrogen-bond donors (Lipinski definition) is 2. The van der Waals surface area contributed by atoms with Crippen LogP contribution in [0.4, 0.5) is 5.13 Å². The van der Waals surface area contributed by atoms with Gasteiger partial charge in [-0.3, -0.25) is 4.79 Å². The number of rotatable bonds is 3. The fourth-order valence-electron chi connectivity index (χ4n) is 0.961. The smallest absolute Gasteiger partial charge is 0.282 e. The molecule has 13 heavy (non-hydrogen) atoms. The highest BCUT2D eigenvalue weighted by molar-refractivity contribution is 7.16. The molecular weight excluding hydrogens is 188 g/mol. The van der Waals surface area contributed by atoms with Gasteiger partial charge >= 0.3 is 0 Å².